The van der Waals surface area contributed by atoms with Crippen LogP contribution in [-0.2, 0) is 6.42 Å². The smallest absolute Gasteiger partial charge is 0.0995 e. The van der Waals surface area contributed by atoms with Crippen LogP contribution < -0.4 is 5.73 Å². The third kappa shape index (κ3) is 1.51. The molecule has 0 fully saturated rings. The molecule has 2 heterocycles. The van der Waals surface area contributed by atoms with Crippen molar-refractivity contribution in [2.45, 2.75) is 26.3 Å². The van der Waals surface area contributed by atoms with Crippen LogP contribution in [0.2, 0.25) is 0 Å². The average molecular weight is 189 g/mol. The van der Waals surface area contributed by atoms with Crippen molar-refractivity contribution in [1.82, 2.24) is 9.38 Å². The lowest BCUT2D eigenvalue weighted by Crippen LogP contribution is -2.18. The maximum atomic E-state index is 5.80. The first-order chi connectivity index (χ1) is 6.68. The second kappa shape index (κ2) is 3.42. The van der Waals surface area contributed by atoms with E-state index in [-0.39, 0.29) is 6.04 Å². The molecule has 3 heteroatoms. The Bertz CT molecular complexity index is 443. The molecule has 0 radical (unpaired) electrons. The maximum absolute atomic E-state index is 5.80. The Morgan fingerprint density at radius 2 is 2.36 bits per heavy atom. The van der Waals surface area contributed by atoms with Crippen LogP contribution in [0, 0.1) is 6.92 Å². The van der Waals surface area contributed by atoms with Gasteiger partial charge >= 0.3 is 0 Å². The summed E-state index contributed by atoms with van der Waals surface area (Å²) in [5.74, 6) is 0. The van der Waals surface area contributed by atoms with Gasteiger partial charge in [-0.25, -0.2) is 4.98 Å². The van der Waals surface area contributed by atoms with Gasteiger partial charge in [0.2, 0.25) is 0 Å². The van der Waals surface area contributed by atoms with E-state index in [0.29, 0.717) is 0 Å². The van der Waals surface area contributed by atoms with Crippen molar-refractivity contribution in [3.05, 3.63) is 35.9 Å². The van der Waals surface area contributed by atoms with E-state index in [0.717, 1.165) is 12.1 Å². The number of hydrogen-bond acceptors (Lipinski definition) is 2. The van der Waals surface area contributed by atoms with Crippen LogP contribution in [0.5, 0.6) is 0 Å². The van der Waals surface area contributed by atoms with E-state index in [9.17, 15) is 0 Å². The van der Waals surface area contributed by atoms with Gasteiger partial charge in [-0.3, -0.25) is 0 Å². The fourth-order valence-electron chi connectivity index (χ4n) is 1.81. The number of imidazole rings is 1. The number of pyridine rings is 1. The topological polar surface area (TPSA) is 43.3 Å². The molecule has 0 aromatic carbocycles. The zero-order chi connectivity index (χ0) is 10.1. The average Bonchev–Trinajstić information content (AvgIpc) is 2.48. The van der Waals surface area contributed by atoms with E-state index in [1.54, 1.807) is 0 Å². The summed E-state index contributed by atoms with van der Waals surface area (Å²) in [6.07, 6.45) is 4.76. The quantitative estimate of drug-likeness (QED) is 0.778. The van der Waals surface area contributed by atoms with E-state index in [1.165, 1.54) is 11.1 Å². The first-order valence-electron chi connectivity index (χ1n) is 4.85. The van der Waals surface area contributed by atoms with Crippen LogP contribution in [0.25, 0.3) is 5.52 Å². The summed E-state index contributed by atoms with van der Waals surface area (Å²) in [5.41, 5.74) is 9.35. The SMILES string of the molecule is Cc1ncn2cccc(CC(C)N)c12. The van der Waals surface area contributed by atoms with Crippen molar-refractivity contribution in [2.75, 3.05) is 0 Å². The number of fused-ring (bicyclic) bond motifs is 1. The molecule has 14 heavy (non-hydrogen) atoms. The summed E-state index contributed by atoms with van der Waals surface area (Å²) < 4.78 is 2.05. The van der Waals surface area contributed by atoms with Crippen LogP contribution >= 0.6 is 0 Å². The summed E-state index contributed by atoms with van der Waals surface area (Å²) in [5, 5.41) is 0. The van der Waals surface area contributed by atoms with Gasteiger partial charge in [0, 0.05) is 12.2 Å². The largest absolute Gasteiger partial charge is 0.328 e. The van der Waals surface area contributed by atoms with Crippen molar-refractivity contribution >= 4 is 5.52 Å². The number of rotatable bonds is 2. The molecule has 2 N–H and O–H groups in total. The molecule has 0 bridgehead atoms. The number of hydrogen-bond donors (Lipinski definition) is 1. The third-order valence-electron chi connectivity index (χ3n) is 2.37. The highest BCUT2D eigenvalue weighted by molar-refractivity contribution is 5.58. The first-order valence-corrected chi connectivity index (χ1v) is 4.85. The predicted octanol–water partition coefficient (Wildman–Crippen LogP) is 1.53. The number of nitrogens with two attached hydrogens (primary N) is 1. The van der Waals surface area contributed by atoms with Crippen molar-refractivity contribution in [3.8, 4) is 0 Å². The Balaban J connectivity index is 2.57. The van der Waals surface area contributed by atoms with Crippen LogP contribution in [0.1, 0.15) is 18.2 Å². The molecule has 1 unspecified atom stereocenters. The second-order valence-electron chi connectivity index (χ2n) is 3.80. The summed E-state index contributed by atoms with van der Waals surface area (Å²) in [6.45, 7) is 4.05. The first kappa shape index (κ1) is 9.21. The summed E-state index contributed by atoms with van der Waals surface area (Å²) >= 11 is 0. The fraction of sp³-hybridized carbons (Fsp3) is 0.364. The van der Waals surface area contributed by atoms with E-state index in [1.807, 2.05) is 36.8 Å². The van der Waals surface area contributed by atoms with Crippen LogP contribution in [0.15, 0.2) is 24.7 Å². The minimum Gasteiger partial charge on any atom is -0.328 e. The van der Waals surface area contributed by atoms with Gasteiger partial charge < -0.3 is 10.1 Å². The van der Waals surface area contributed by atoms with Crippen molar-refractivity contribution in [1.29, 1.82) is 0 Å². The number of nitrogens with zero attached hydrogens (tertiary/aromatic N) is 2. The lowest BCUT2D eigenvalue weighted by Gasteiger charge is -2.07. The molecule has 0 amide bonds. The lowest BCUT2D eigenvalue weighted by molar-refractivity contribution is 0.739. The zero-order valence-corrected chi connectivity index (χ0v) is 8.57. The summed E-state index contributed by atoms with van der Waals surface area (Å²) in [6, 6.07) is 4.34. The van der Waals surface area contributed by atoms with E-state index >= 15 is 0 Å². The number of aromatic nitrogens is 2. The molecule has 74 valence electrons. The zero-order valence-electron chi connectivity index (χ0n) is 8.57. The molecular weight excluding hydrogens is 174 g/mol. The Labute approximate surface area is 83.6 Å². The summed E-state index contributed by atoms with van der Waals surface area (Å²) in [4.78, 5) is 4.29. The van der Waals surface area contributed by atoms with Crippen LogP contribution in [-0.4, -0.2) is 15.4 Å². The lowest BCUT2D eigenvalue weighted by atomic mass is 10.1. The van der Waals surface area contributed by atoms with Gasteiger partial charge in [0.15, 0.2) is 0 Å². The molecule has 0 aliphatic carbocycles. The third-order valence-corrected chi connectivity index (χ3v) is 2.37. The van der Waals surface area contributed by atoms with Crippen molar-refractivity contribution in [3.63, 3.8) is 0 Å². The molecule has 2 aromatic heterocycles. The Morgan fingerprint density at radius 1 is 1.57 bits per heavy atom. The Hall–Kier alpha value is -1.35. The molecule has 0 aliphatic heterocycles. The fourth-order valence-corrected chi connectivity index (χ4v) is 1.81. The molecular formula is C11H15N3. The normalized spacial score (nSPS) is 13.4. The van der Waals surface area contributed by atoms with Gasteiger partial charge in [-0.05, 0) is 31.9 Å². The molecule has 2 aromatic rings. The van der Waals surface area contributed by atoms with E-state index < -0.39 is 0 Å². The molecule has 3 nitrogen and oxygen atoms in total. The molecule has 0 spiro atoms. The Morgan fingerprint density at radius 3 is 3.07 bits per heavy atom. The van der Waals surface area contributed by atoms with Gasteiger partial charge in [0.25, 0.3) is 0 Å². The molecule has 0 aliphatic rings. The molecule has 0 saturated carbocycles. The minimum absolute atomic E-state index is 0.190. The van der Waals surface area contributed by atoms with Crippen molar-refractivity contribution < 1.29 is 0 Å². The van der Waals surface area contributed by atoms with Crippen molar-refractivity contribution in [2.24, 2.45) is 5.73 Å². The van der Waals surface area contributed by atoms with Gasteiger partial charge in [-0.2, -0.15) is 0 Å². The van der Waals surface area contributed by atoms with E-state index in [2.05, 4.69) is 11.1 Å². The maximum Gasteiger partial charge on any atom is 0.0995 e. The molecule has 2 rings (SSSR count). The highest BCUT2D eigenvalue weighted by Crippen LogP contribution is 2.15. The van der Waals surface area contributed by atoms with Gasteiger partial charge in [-0.1, -0.05) is 6.07 Å². The Kier molecular flexibility index (Phi) is 2.25. The molecule has 0 saturated heterocycles. The standard InChI is InChI=1S/C11H15N3/c1-8(12)6-10-4-3-5-14-7-13-9(2)11(10)14/h3-5,7-8H,6,12H2,1-2H3. The number of aryl methyl sites for hydroxylation is 1. The highest BCUT2D eigenvalue weighted by Gasteiger charge is 2.06. The van der Waals surface area contributed by atoms with Crippen LogP contribution in [0.4, 0.5) is 0 Å². The monoisotopic (exact) mass is 189 g/mol. The predicted molar refractivity (Wildman–Crippen MR) is 57.3 cm³/mol. The van der Waals surface area contributed by atoms with E-state index in [4.69, 9.17) is 5.73 Å². The van der Waals surface area contributed by atoms with Gasteiger partial charge in [-0.15, -0.1) is 0 Å². The highest BCUT2D eigenvalue weighted by atomic mass is 15.0. The second-order valence-corrected chi connectivity index (χ2v) is 3.80. The minimum atomic E-state index is 0.190. The van der Waals surface area contributed by atoms with Crippen LogP contribution in [0.3, 0.4) is 0 Å². The summed E-state index contributed by atoms with van der Waals surface area (Å²) in [7, 11) is 0. The van der Waals surface area contributed by atoms with Gasteiger partial charge in [0.1, 0.15) is 0 Å². The molecule has 1 atom stereocenters. The van der Waals surface area contributed by atoms with Gasteiger partial charge in [0.05, 0.1) is 17.5 Å².